The normalized spacial score (nSPS) is 25.9. The average molecular weight is 385 g/mol. The predicted octanol–water partition coefficient (Wildman–Crippen LogP) is 0.910. The molecule has 0 saturated heterocycles. The number of aliphatic imine (C=N–C) groups is 1. The molecule has 5 atom stereocenters. The lowest BCUT2D eigenvalue weighted by molar-refractivity contribution is -0.152. The predicted molar refractivity (Wildman–Crippen MR) is 105 cm³/mol. The average Bonchev–Trinajstić information content (AvgIpc) is 2.90. The highest BCUT2D eigenvalue weighted by atomic mass is 16.5. The highest BCUT2D eigenvalue weighted by Gasteiger charge is 2.51. The Morgan fingerprint density at radius 2 is 1.89 bits per heavy atom. The van der Waals surface area contributed by atoms with E-state index in [0.717, 1.165) is 25.7 Å². The molecule has 27 heavy (non-hydrogen) atoms. The molecule has 0 aliphatic heterocycles. The second-order valence-electron chi connectivity index (χ2n) is 7.36. The maximum absolute atomic E-state index is 12.5. The number of carbonyl (C=O) groups excluding carboxylic acids is 2. The molecule has 0 heterocycles. The van der Waals surface area contributed by atoms with Gasteiger partial charge in [0.25, 0.3) is 0 Å². The minimum atomic E-state index is -0.982. The van der Waals surface area contributed by atoms with Crippen molar-refractivity contribution in [3.05, 3.63) is 0 Å². The molecule has 0 radical (unpaired) electrons. The monoisotopic (exact) mass is 384 g/mol. The van der Waals surface area contributed by atoms with E-state index in [9.17, 15) is 14.7 Å². The van der Waals surface area contributed by atoms with E-state index in [0.29, 0.717) is 13.0 Å². The summed E-state index contributed by atoms with van der Waals surface area (Å²) >= 11 is 0. The molecule has 1 aliphatic carbocycles. The molecule has 156 valence electrons. The van der Waals surface area contributed by atoms with E-state index >= 15 is 0 Å². The van der Waals surface area contributed by atoms with Gasteiger partial charge < -0.3 is 26.6 Å². The third kappa shape index (κ3) is 6.37. The second-order valence-corrected chi connectivity index (χ2v) is 7.36. The third-order valence-electron chi connectivity index (χ3n) is 5.45. The fraction of sp³-hybridized carbons (Fsp3) is 0.842. The molecule has 0 aromatic carbocycles. The molecule has 0 unspecified atom stereocenters. The van der Waals surface area contributed by atoms with Crippen LogP contribution in [0.15, 0.2) is 4.99 Å². The van der Waals surface area contributed by atoms with Crippen molar-refractivity contribution in [1.29, 1.82) is 0 Å². The SMILES string of the molecule is CCCCOC(=O)[C@H]1C[C@@H](N=C(N)N)[C@H]([C@@H](NC(C)=O)C(CC)CC)[C@@H]1O. The van der Waals surface area contributed by atoms with Crippen molar-refractivity contribution in [3.8, 4) is 0 Å². The lowest BCUT2D eigenvalue weighted by Gasteiger charge is -2.35. The number of rotatable bonds is 10. The lowest BCUT2D eigenvalue weighted by atomic mass is 9.80. The molecular weight excluding hydrogens is 348 g/mol. The summed E-state index contributed by atoms with van der Waals surface area (Å²) in [6.07, 6.45) is 2.65. The first kappa shape index (κ1) is 23.2. The highest BCUT2D eigenvalue weighted by Crippen LogP contribution is 2.40. The topological polar surface area (TPSA) is 140 Å². The molecule has 1 saturated carbocycles. The fourth-order valence-electron chi connectivity index (χ4n) is 4.05. The lowest BCUT2D eigenvalue weighted by Crippen LogP contribution is -2.51. The highest BCUT2D eigenvalue weighted by molar-refractivity contribution is 5.77. The van der Waals surface area contributed by atoms with Crippen LogP contribution in [0, 0.1) is 17.8 Å². The second kappa shape index (κ2) is 11.1. The van der Waals surface area contributed by atoms with Gasteiger partial charge in [0.15, 0.2) is 5.96 Å². The number of hydrogen-bond acceptors (Lipinski definition) is 5. The zero-order valence-electron chi connectivity index (χ0n) is 17.0. The number of aliphatic hydroxyl groups is 1. The van der Waals surface area contributed by atoms with E-state index in [2.05, 4.69) is 10.3 Å². The Hall–Kier alpha value is -1.83. The molecule has 8 heteroatoms. The van der Waals surface area contributed by atoms with Gasteiger partial charge in [0.05, 0.1) is 24.7 Å². The van der Waals surface area contributed by atoms with Crippen molar-refractivity contribution in [2.75, 3.05) is 6.61 Å². The number of aliphatic hydroxyl groups excluding tert-OH is 1. The van der Waals surface area contributed by atoms with E-state index < -0.39 is 30.0 Å². The molecular formula is C19H36N4O4. The maximum atomic E-state index is 12.5. The van der Waals surface area contributed by atoms with Gasteiger partial charge >= 0.3 is 5.97 Å². The zero-order valence-corrected chi connectivity index (χ0v) is 17.0. The van der Waals surface area contributed by atoms with Gasteiger partial charge in [-0.05, 0) is 18.8 Å². The van der Waals surface area contributed by atoms with Gasteiger partial charge in [0.2, 0.25) is 5.91 Å². The number of nitrogens with two attached hydrogens (primary N) is 2. The summed E-state index contributed by atoms with van der Waals surface area (Å²) in [7, 11) is 0. The number of hydrogen-bond donors (Lipinski definition) is 4. The smallest absolute Gasteiger partial charge is 0.311 e. The first-order valence-corrected chi connectivity index (χ1v) is 9.97. The van der Waals surface area contributed by atoms with Crippen LogP contribution in [-0.2, 0) is 14.3 Å². The van der Waals surface area contributed by atoms with E-state index in [1.165, 1.54) is 6.92 Å². The molecule has 1 aliphatic rings. The standard InChI is InChI=1S/C19H36N4O4/c1-5-8-9-27-18(26)13-10-14(23-19(20)21)15(17(13)25)16(22-11(4)24)12(6-2)7-3/h12-17,25H,5-10H2,1-4H3,(H,22,24)(H4,20,21,23)/t13-,14+,15+,16-,17+/m0/s1. The number of amides is 1. The van der Waals surface area contributed by atoms with Crippen molar-refractivity contribution >= 4 is 17.8 Å². The van der Waals surface area contributed by atoms with Crippen molar-refractivity contribution in [3.63, 3.8) is 0 Å². The van der Waals surface area contributed by atoms with Gasteiger partial charge in [-0.15, -0.1) is 0 Å². The number of ether oxygens (including phenoxy) is 1. The summed E-state index contributed by atoms with van der Waals surface area (Å²) < 4.78 is 5.32. The molecule has 0 bridgehead atoms. The van der Waals surface area contributed by atoms with Crippen molar-refractivity contribution in [1.82, 2.24) is 5.32 Å². The number of nitrogens with one attached hydrogen (secondary N) is 1. The minimum Gasteiger partial charge on any atom is -0.465 e. The molecule has 1 rings (SSSR count). The summed E-state index contributed by atoms with van der Waals surface area (Å²) in [5.74, 6) is -1.73. The van der Waals surface area contributed by atoms with Crippen LogP contribution in [0.2, 0.25) is 0 Å². The number of nitrogens with zero attached hydrogens (tertiary/aromatic N) is 1. The maximum Gasteiger partial charge on any atom is 0.311 e. The van der Waals surface area contributed by atoms with E-state index in [1.807, 2.05) is 20.8 Å². The Bertz CT molecular complexity index is 518. The Balaban J connectivity index is 3.14. The number of guanidine groups is 1. The quantitative estimate of drug-likeness (QED) is 0.191. The summed E-state index contributed by atoms with van der Waals surface area (Å²) in [5, 5.41) is 13.9. The van der Waals surface area contributed by atoms with Crippen LogP contribution in [0.3, 0.4) is 0 Å². The molecule has 1 amide bonds. The van der Waals surface area contributed by atoms with Crippen LogP contribution >= 0.6 is 0 Å². The van der Waals surface area contributed by atoms with Crippen LogP contribution in [-0.4, -0.2) is 47.7 Å². The first-order chi connectivity index (χ1) is 12.8. The van der Waals surface area contributed by atoms with Gasteiger partial charge in [-0.3, -0.25) is 9.59 Å². The van der Waals surface area contributed by atoms with Crippen LogP contribution in [0.1, 0.15) is 59.8 Å². The van der Waals surface area contributed by atoms with Gasteiger partial charge in [-0.1, -0.05) is 40.0 Å². The first-order valence-electron chi connectivity index (χ1n) is 9.97. The van der Waals surface area contributed by atoms with Crippen molar-refractivity contribution in [2.45, 2.75) is 78.0 Å². The largest absolute Gasteiger partial charge is 0.465 e. The van der Waals surface area contributed by atoms with Crippen LogP contribution < -0.4 is 16.8 Å². The molecule has 0 aromatic heterocycles. The Morgan fingerprint density at radius 3 is 2.37 bits per heavy atom. The van der Waals surface area contributed by atoms with Gasteiger partial charge in [-0.25, -0.2) is 4.99 Å². The number of esters is 1. The molecule has 1 fully saturated rings. The van der Waals surface area contributed by atoms with Crippen LogP contribution in [0.4, 0.5) is 0 Å². The van der Waals surface area contributed by atoms with Crippen LogP contribution in [0.5, 0.6) is 0 Å². The van der Waals surface area contributed by atoms with E-state index in [1.54, 1.807) is 0 Å². The van der Waals surface area contributed by atoms with E-state index in [-0.39, 0.29) is 23.8 Å². The zero-order chi connectivity index (χ0) is 20.6. The van der Waals surface area contributed by atoms with Gasteiger partial charge in [0, 0.05) is 18.9 Å². The van der Waals surface area contributed by atoms with Gasteiger partial charge in [-0.2, -0.15) is 0 Å². The Labute approximate surface area is 162 Å². The fourth-order valence-corrected chi connectivity index (χ4v) is 4.05. The Morgan fingerprint density at radius 1 is 1.26 bits per heavy atom. The number of carbonyl (C=O) groups is 2. The summed E-state index contributed by atoms with van der Waals surface area (Å²) in [6.45, 7) is 7.87. The molecule has 0 spiro atoms. The Kier molecular flexibility index (Phi) is 9.55. The molecule has 0 aromatic rings. The summed E-state index contributed by atoms with van der Waals surface area (Å²) in [5.41, 5.74) is 11.2. The van der Waals surface area contributed by atoms with Gasteiger partial charge in [0.1, 0.15) is 0 Å². The summed E-state index contributed by atoms with van der Waals surface area (Å²) in [6, 6.07) is -0.778. The molecule has 6 N–H and O–H groups in total. The minimum absolute atomic E-state index is 0.0941. The van der Waals surface area contributed by atoms with Crippen LogP contribution in [0.25, 0.3) is 0 Å². The van der Waals surface area contributed by atoms with Crippen molar-refractivity contribution < 1.29 is 19.4 Å². The molecule has 8 nitrogen and oxygen atoms in total. The van der Waals surface area contributed by atoms with E-state index in [4.69, 9.17) is 16.2 Å². The summed E-state index contributed by atoms with van der Waals surface area (Å²) in [4.78, 5) is 28.6. The third-order valence-corrected chi connectivity index (χ3v) is 5.45. The number of unbranched alkanes of at least 4 members (excludes halogenated alkanes) is 1. The van der Waals surface area contributed by atoms with Crippen molar-refractivity contribution in [2.24, 2.45) is 34.2 Å².